The van der Waals surface area contributed by atoms with E-state index in [9.17, 15) is 4.79 Å². The van der Waals surface area contributed by atoms with Crippen LogP contribution in [-0.2, 0) is 16.4 Å². The van der Waals surface area contributed by atoms with E-state index in [1.807, 2.05) is 50.2 Å². The monoisotopic (exact) mass is 651 g/mol. The third-order valence-corrected chi connectivity index (χ3v) is 13.5. The Morgan fingerprint density at radius 3 is 1.67 bits per heavy atom. The van der Waals surface area contributed by atoms with E-state index in [0.29, 0.717) is 30.5 Å². The summed E-state index contributed by atoms with van der Waals surface area (Å²) < 4.78 is 12.8. The molecule has 0 aliphatic heterocycles. The Labute approximate surface area is 264 Å². The molecule has 0 unspecified atom stereocenters. The summed E-state index contributed by atoms with van der Waals surface area (Å²) in [6, 6.07) is 46.1. The van der Waals surface area contributed by atoms with Crippen molar-refractivity contribution in [3.8, 4) is 11.5 Å². The predicted molar refractivity (Wildman–Crippen MR) is 184 cm³/mol. The molecule has 5 rings (SSSR count). The molecule has 3 nitrogen and oxygen atoms in total. The van der Waals surface area contributed by atoms with E-state index in [1.165, 1.54) is 15.9 Å². The summed E-state index contributed by atoms with van der Waals surface area (Å²) in [6.07, 6.45) is 1.89. The van der Waals surface area contributed by atoms with Crippen LogP contribution in [0.15, 0.2) is 138 Å². The number of hydrogen-bond acceptors (Lipinski definition) is 3. The van der Waals surface area contributed by atoms with Crippen molar-refractivity contribution in [2.24, 2.45) is 0 Å². The average Bonchev–Trinajstić information content (AvgIpc) is 3.07. The number of ether oxygens (including phenoxy) is 2. The van der Waals surface area contributed by atoms with E-state index >= 15 is 0 Å². The minimum absolute atomic E-state index is 0.262. The highest BCUT2D eigenvalue weighted by Gasteiger charge is 2.46. The summed E-state index contributed by atoms with van der Waals surface area (Å²) >= 11 is 3.70. The molecule has 43 heavy (non-hydrogen) atoms. The maximum Gasteiger partial charge on any atom is 0.321 e. The van der Waals surface area contributed by atoms with Gasteiger partial charge in [-0.3, -0.25) is 4.79 Å². The molecule has 5 heteroatoms. The number of para-hydroxylation sites is 1. The Balaban J connectivity index is 1.63. The number of carbonyl (C=O) groups is 1. The quantitative estimate of drug-likeness (QED) is 0.0815. The van der Waals surface area contributed by atoms with Gasteiger partial charge in [0, 0.05) is 10.0 Å². The van der Waals surface area contributed by atoms with Crippen LogP contribution in [0.25, 0.3) is 0 Å². The van der Waals surface area contributed by atoms with Gasteiger partial charge in [-0.25, -0.2) is 0 Å². The number of rotatable bonds is 11. The van der Waals surface area contributed by atoms with E-state index in [-0.39, 0.29) is 5.97 Å². The molecule has 0 heterocycles. The Morgan fingerprint density at radius 2 is 1.19 bits per heavy atom. The van der Waals surface area contributed by atoms with Crippen LogP contribution in [0.1, 0.15) is 37.8 Å². The molecular formula is C38H37BrO3P+. The minimum atomic E-state index is -2.19. The van der Waals surface area contributed by atoms with Gasteiger partial charge in [0.2, 0.25) is 0 Å². The van der Waals surface area contributed by atoms with Gasteiger partial charge < -0.3 is 9.47 Å². The number of esters is 1. The Morgan fingerprint density at radius 1 is 0.698 bits per heavy atom. The van der Waals surface area contributed by atoms with Crippen molar-refractivity contribution in [1.82, 2.24) is 0 Å². The first-order chi connectivity index (χ1) is 21.0. The molecule has 0 bridgehead atoms. The maximum absolute atomic E-state index is 14.3. The molecule has 0 atom stereocenters. The molecule has 0 saturated heterocycles. The second-order valence-corrected chi connectivity index (χ2v) is 14.9. The van der Waals surface area contributed by atoms with E-state index < -0.39 is 12.7 Å². The number of methoxy groups -OCH3 is 1. The lowest BCUT2D eigenvalue weighted by molar-refractivity contribution is -0.141. The molecule has 218 valence electrons. The second-order valence-electron chi connectivity index (χ2n) is 10.6. The van der Waals surface area contributed by atoms with Gasteiger partial charge in [-0.15, -0.1) is 0 Å². The summed E-state index contributed by atoms with van der Waals surface area (Å²) in [5.74, 6) is 1.05. The summed E-state index contributed by atoms with van der Waals surface area (Å²) in [7, 11) is -0.550. The fourth-order valence-corrected chi connectivity index (χ4v) is 10.9. The number of benzene rings is 5. The average molecular weight is 653 g/mol. The highest BCUT2D eigenvalue weighted by Crippen LogP contribution is 2.59. The summed E-state index contributed by atoms with van der Waals surface area (Å²) in [6.45, 7) is 4.08. The molecule has 0 aromatic heterocycles. The van der Waals surface area contributed by atoms with Gasteiger partial charge in [-0.2, -0.15) is 0 Å². The SMILES string of the molecule is CCC(CC)(C(=O)Oc1ccccc1C[P+](c1ccccc1)(c1ccccc1)c1ccccc1)c1cc(OC)ccc1Br. The fourth-order valence-electron chi connectivity index (χ4n) is 5.98. The molecule has 0 N–H and O–H groups in total. The normalized spacial score (nSPS) is 11.6. The van der Waals surface area contributed by atoms with Crippen LogP contribution in [0, 0.1) is 0 Å². The van der Waals surface area contributed by atoms with Crippen LogP contribution in [0.5, 0.6) is 11.5 Å². The summed E-state index contributed by atoms with van der Waals surface area (Å²) in [5.41, 5.74) is 1.04. The number of halogens is 1. The minimum Gasteiger partial charge on any atom is -0.497 e. The van der Waals surface area contributed by atoms with Crippen molar-refractivity contribution in [1.29, 1.82) is 0 Å². The van der Waals surface area contributed by atoms with Crippen molar-refractivity contribution in [2.75, 3.05) is 7.11 Å². The first-order valence-electron chi connectivity index (χ1n) is 14.7. The molecule has 0 saturated carbocycles. The van der Waals surface area contributed by atoms with Crippen molar-refractivity contribution >= 4 is 45.1 Å². The Hall–Kier alpha value is -3.72. The first kappa shape index (κ1) is 30.7. The van der Waals surface area contributed by atoms with Crippen molar-refractivity contribution in [3.63, 3.8) is 0 Å². The lowest BCUT2D eigenvalue weighted by atomic mass is 9.75. The van der Waals surface area contributed by atoms with Crippen LogP contribution >= 0.6 is 23.2 Å². The zero-order valence-electron chi connectivity index (χ0n) is 24.9. The van der Waals surface area contributed by atoms with Crippen LogP contribution < -0.4 is 25.4 Å². The lowest BCUT2D eigenvalue weighted by Crippen LogP contribution is -2.39. The third-order valence-electron chi connectivity index (χ3n) is 8.46. The van der Waals surface area contributed by atoms with E-state index in [1.54, 1.807) is 7.11 Å². The van der Waals surface area contributed by atoms with Gasteiger partial charge in [0.1, 0.15) is 40.8 Å². The fraction of sp³-hybridized carbons (Fsp3) is 0.184. The Bertz CT molecular complexity index is 1550. The van der Waals surface area contributed by atoms with Gasteiger partial charge in [-0.05, 0) is 79.1 Å². The maximum atomic E-state index is 14.3. The molecular weight excluding hydrogens is 615 g/mol. The molecule has 5 aromatic carbocycles. The highest BCUT2D eigenvalue weighted by molar-refractivity contribution is 9.10. The molecule has 0 aliphatic rings. The van der Waals surface area contributed by atoms with Crippen LogP contribution in [0.2, 0.25) is 0 Å². The van der Waals surface area contributed by atoms with Gasteiger partial charge >= 0.3 is 5.97 Å². The first-order valence-corrected chi connectivity index (χ1v) is 17.4. The largest absolute Gasteiger partial charge is 0.497 e. The van der Waals surface area contributed by atoms with Gasteiger partial charge in [0.15, 0.2) is 0 Å². The lowest BCUT2D eigenvalue weighted by Gasteiger charge is -2.32. The summed E-state index contributed by atoms with van der Waals surface area (Å²) in [4.78, 5) is 14.3. The summed E-state index contributed by atoms with van der Waals surface area (Å²) in [5, 5.41) is 3.85. The third kappa shape index (κ3) is 6.05. The van der Waals surface area contributed by atoms with Crippen molar-refractivity contribution in [3.05, 3.63) is 149 Å². The highest BCUT2D eigenvalue weighted by atomic mass is 79.9. The number of carbonyl (C=O) groups excluding carboxylic acids is 1. The van der Waals surface area contributed by atoms with E-state index in [4.69, 9.17) is 9.47 Å². The van der Waals surface area contributed by atoms with Gasteiger partial charge in [0.05, 0.1) is 12.5 Å². The van der Waals surface area contributed by atoms with E-state index in [0.717, 1.165) is 15.6 Å². The molecule has 0 amide bonds. The van der Waals surface area contributed by atoms with Crippen molar-refractivity contribution in [2.45, 2.75) is 38.3 Å². The van der Waals surface area contributed by atoms with Gasteiger partial charge in [-0.1, -0.05) is 103 Å². The van der Waals surface area contributed by atoms with Crippen LogP contribution in [0.3, 0.4) is 0 Å². The molecule has 0 fully saturated rings. The number of hydrogen-bond donors (Lipinski definition) is 0. The molecule has 0 aliphatic carbocycles. The standard InChI is InChI=1S/C38H37BrO3P/c1-4-38(5-2,34-27-30(41-3)25-26-35(34)39)37(40)42-36-24-16-15-17-29(36)28-43(31-18-9-6-10-19-31,32-20-11-7-12-21-32)33-22-13-8-14-23-33/h6-27H,4-5,28H2,1-3H3/q+1. The zero-order chi connectivity index (χ0) is 30.3. The topological polar surface area (TPSA) is 35.5 Å². The molecule has 5 aromatic rings. The van der Waals surface area contributed by atoms with Crippen LogP contribution in [0.4, 0.5) is 0 Å². The van der Waals surface area contributed by atoms with E-state index in [2.05, 4.69) is 113 Å². The smallest absolute Gasteiger partial charge is 0.321 e. The van der Waals surface area contributed by atoms with Crippen molar-refractivity contribution < 1.29 is 14.3 Å². The van der Waals surface area contributed by atoms with Gasteiger partial charge in [0.25, 0.3) is 0 Å². The second kappa shape index (κ2) is 13.7. The predicted octanol–water partition coefficient (Wildman–Crippen LogP) is 8.62. The zero-order valence-corrected chi connectivity index (χ0v) is 27.4. The molecule has 0 radical (unpaired) electrons. The van der Waals surface area contributed by atoms with Crippen LogP contribution in [-0.4, -0.2) is 13.1 Å². The Kier molecular flexibility index (Phi) is 9.80. The molecule has 0 spiro atoms.